The van der Waals surface area contributed by atoms with Gasteiger partial charge in [0.15, 0.2) is 11.5 Å². The molecule has 1 aliphatic heterocycles. The van der Waals surface area contributed by atoms with E-state index in [4.69, 9.17) is 31.2 Å². The molecule has 0 spiro atoms. The molecule has 0 aliphatic carbocycles. The highest BCUT2D eigenvalue weighted by atomic mass is 35.5. The third-order valence-electron chi connectivity index (χ3n) is 8.32. The van der Waals surface area contributed by atoms with Crippen LogP contribution in [0.25, 0.3) is 0 Å². The number of benzene rings is 4. The Bertz CT molecular complexity index is 1960. The number of halogens is 1. The zero-order valence-corrected chi connectivity index (χ0v) is 29.0. The average molecular weight is 680 g/mol. The maximum Gasteiger partial charge on any atom is 0.255 e. The average Bonchev–Trinajstić information content (AvgIpc) is 3.49. The van der Waals surface area contributed by atoms with E-state index in [0.29, 0.717) is 57.9 Å². The van der Waals surface area contributed by atoms with E-state index < -0.39 is 6.04 Å². The fourth-order valence-corrected chi connectivity index (χ4v) is 6.75. The number of nitrogens with one attached hydrogen (secondary N) is 2. The number of fused-ring (bicyclic) bond motifs is 1. The van der Waals surface area contributed by atoms with Gasteiger partial charge in [0.1, 0.15) is 6.04 Å². The van der Waals surface area contributed by atoms with Gasteiger partial charge in [0.2, 0.25) is 11.1 Å². The molecule has 4 aromatic carbocycles. The van der Waals surface area contributed by atoms with Gasteiger partial charge in [0.05, 0.1) is 18.8 Å². The highest BCUT2D eigenvalue weighted by molar-refractivity contribution is 7.98. The van der Waals surface area contributed by atoms with Crippen molar-refractivity contribution in [2.45, 2.75) is 51.1 Å². The summed E-state index contributed by atoms with van der Waals surface area (Å²) in [5.74, 6) is 2.16. The van der Waals surface area contributed by atoms with Crippen LogP contribution in [0, 0.1) is 13.8 Å². The number of hydrogen-bond donors (Lipinski definition) is 2. The summed E-state index contributed by atoms with van der Waals surface area (Å²) in [5, 5.41) is 12.7. The van der Waals surface area contributed by atoms with Crippen molar-refractivity contribution in [1.82, 2.24) is 14.8 Å². The number of rotatable bonds is 12. The van der Waals surface area contributed by atoms with Crippen molar-refractivity contribution in [3.63, 3.8) is 0 Å². The topological polar surface area (TPSA) is 90.3 Å². The number of anilines is 2. The first-order chi connectivity index (χ1) is 23.3. The van der Waals surface area contributed by atoms with Crippen molar-refractivity contribution in [3.05, 3.63) is 135 Å². The van der Waals surface area contributed by atoms with E-state index in [1.165, 1.54) is 17.3 Å². The van der Waals surface area contributed by atoms with Gasteiger partial charge in [0.25, 0.3) is 5.91 Å². The second-order valence-electron chi connectivity index (χ2n) is 11.5. The Kier molecular flexibility index (Phi) is 10.4. The van der Waals surface area contributed by atoms with Crippen LogP contribution >= 0.6 is 23.4 Å². The number of hydrogen-bond acceptors (Lipinski definition) is 7. The number of carbonyl (C=O) groups excluding carboxylic acids is 1. The monoisotopic (exact) mass is 679 g/mol. The highest BCUT2D eigenvalue weighted by Crippen LogP contribution is 2.40. The van der Waals surface area contributed by atoms with Crippen LogP contribution in [0.3, 0.4) is 0 Å². The third-order valence-corrected chi connectivity index (χ3v) is 9.57. The molecule has 2 N–H and O–H groups in total. The number of aromatic nitrogens is 3. The van der Waals surface area contributed by atoms with Gasteiger partial charge in [0, 0.05) is 28.6 Å². The maximum absolute atomic E-state index is 14.2. The first-order valence-corrected chi connectivity index (χ1v) is 17.3. The molecule has 0 bridgehead atoms. The molecule has 0 saturated heterocycles. The fraction of sp³-hybridized carbons (Fsp3) is 0.237. The van der Waals surface area contributed by atoms with Gasteiger partial charge in [-0.1, -0.05) is 90.1 Å². The Morgan fingerprint density at radius 1 is 0.958 bits per heavy atom. The molecule has 6 rings (SSSR count). The molecule has 48 heavy (non-hydrogen) atoms. The third kappa shape index (κ3) is 7.37. The second-order valence-corrected chi connectivity index (χ2v) is 12.9. The molecule has 0 radical (unpaired) electrons. The van der Waals surface area contributed by atoms with Gasteiger partial charge in [-0.2, -0.15) is 4.98 Å². The normalized spacial score (nSPS) is 13.9. The molecule has 1 aromatic heterocycles. The number of nitrogens with zero attached hydrogens (tertiary/aromatic N) is 3. The molecule has 0 fully saturated rings. The molecule has 1 atom stereocenters. The van der Waals surface area contributed by atoms with E-state index >= 15 is 0 Å². The standard InChI is InChI=1S/C38H38ClN5O3S/c1-5-46-33-22-28(18-19-32(33)47-21-20-27-13-7-6-8-14-27)35-34(36(45)41-31-17-11-12-24(2)25(31)3)26(4)40-37-42-38(43-44(35)37)48-23-29-15-9-10-16-30(29)39/h6-19,22,35H,5,20-21,23H2,1-4H3,(H,41,45)(H,40,42,43). The minimum Gasteiger partial charge on any atom is -0.490 e. The summed E-state index contributed by atoms with van der Waals surface area (Å²) in [7, 11) is 0. The molecule has 1 aliphatic rings. The summed E-state index contributed by atoms with van der Waals surface area (Å²) in [6.45, 7) is 8.82. The summed E-state index contributed by atoms with van der Waals surface area (Å²) in [5.41, 5.74) is 7.09. The van der Waals surface area contributed by atoms with Crippen LogP contribution in [0.4, 0.5) is 11.6 Å². The first kappa shape index (κ1) is 33.2. The summed E-state index contributed by atoms with van der Waals surface area (Å²) >= 11 is 7.91. The molecular weight excluding hydrogens is 642 g/mol. The predicted molar refractivity (Wildman–Crippen MR) is 193 cm³/mol. The van der Waals surface area contributed by atoms with Crippen molar-refractivity contribution in [2.24, 2.45) is 0 Å². The van der Waals surface area contributed by atoms with Crippen LogP contribution in [-0.2, 0) is 17.0 Å². The Morgan fingerprint density at radius 3 is 2.54 bits per heavy atom. The maximum atomic E-state index is 14.2. The zero-order valence-electron chi connectivity index (χ0n) is 27.4. The molecule has 246 valence electrons. The van der Waals surface area contributed by atoms with Crippen molar-refractivity contribution in [3.8, 4) is 11.5 Å². The van der Waals surface area contributed by atoms with E-state index in [9.17, 15) is 4.79 Å². The lowest BCUT2D eigenvalue weighted by Crippen LogP contribution is -2.31. The Balaban J connectivity index is 1.35. The van der Waals surface area contributed by atoms with Gasteiger partial charge < -0.3 is 20.1 Å². The zero-order chi connectivity index (χ0) is 33.6. The smallest absolute Gasteiger partial charge is 0.255 e. The number of amides is 1. The Morgan fingerprint density at radius 2 is 1.75 bits per heavy atom. The fourth-order valence-electron chi connectivity index (χ4n) is 5.63. The number of allylic oxidation sites excluding steroid dienone is 1. The van der Waals surface area contributed by atoms with Gasteiger partial charge in [-0.05, 0) is 79.8 Å². The Labute approximate surface area is 290 Å². The second kappa shape index (κ2) is 15.0. The van der Waals surface area contributed by atoms with Crippen LogP contribution < -0.4 is 20.1 Å². The minimum atomic E-state index is -0.592. The molecule has 1 unspecified atom stereocenters. The molecule has 2 heterocycles. The van der Waals surface area contributed by atoms with Crippen LogP contribution in [-0.4, -0.2) is 33.9 Å². The van der Waals surface area contributed by atoms with Crippen LogP contribution in [0.5, 0.6) is 11.5 Å². The molecule has 10 heteroatoms. The lowest BCUT2D eigenvalue weighted by Gasteiger charge is -2.29. The van der Waals surface area contributed by atoms with Crippen molar-refractivity contribution >= 4 is 40.9 Å². The molecule has 5 aromatic rings. The lowest BCUT2D eigenvalue weighted by atomic mass is 9.94. The van der Waals surface area contributed by atoms with E-state index in [-0.39, 0.29) is 5.91 Å². The van der Waals surface area contributed by atoms with Crippen molar-refractivity contribution in [2.75, 3.05) is 23.8 Å². The predicted octanol–water partition coefficient (Wildman–Crippen LogP) is 8.79. The number of carbonyl (C=O) groups is 1. The van der Waals surface area contributed by atoms with Crippen molar-refractivity contribution in [1.29, 1.82) is 0 Å². The van der Waals surface area contributed by atoms with Crippen LogP contribution in [0.15, 0.2) is 107 Å². The van der Waals surface area contributed by atoms with E-state index in [2.05, 4.69) is 22.8 Å². The van der Waals surface area contributed by atoms with Crippen LogP contribution in [0.2, 0.25) is 5.02 Å². The van der Waals surface area contributed by atoms with Crippen molar-refractivity contribution < 1.29 is 14.3 Å². The molecule has 0 saturated carbocycles. The number of aryl methyl sites for hydroxylation is 1. The van der Waals surface area contributed by atoms with E-state index in [0.717, 1.165) is 34.4 Å². The van der Waals surface area contributed by atoms with Gasteiger partial charge in [-0.25, -0.2) is 4.68 Å². The Hall–Kier alpha value is -4.73. The quantitative estimate of drug-likeness (QED) is 0.127. The van der Waals surface area contributed by atoms with Crippen LogP contribution in [0.1, 0.15) is 47.7 Å². The SMILES string of the molecule is CCOc1cc(C2C(C(=O)Nc3cccc(C)c3C)=C(C)Nc3nc(SCc4ccccc4Cl)nn32)ccc1OCCc1ccccc1. The number of thioether (sulfide) groups is 1. The van der Waals surface area contributed by atoms with Gasteiger partial charge in [-0.15, -0.1) is 5.10 Å². The summed E-state index contributed by atoms with van der Waals surface area (Å²) in [6, 6.07) is 29.1. The number of ether oxygens (including phenoxy) is 2. The largest absolute Gasteiger partial charge is 0.490 e. The highest BCUT2D eigenvalue weighted by Gasteiger charge is 2.35. The minimum absolute atomic E-state index is 0.230. The van der Waals surface area contributed by atoms with E-state index in [1.807, 2.05) is 107 Å². The summed E-state index contributed by atoms with van der Waals surface area (Å²) in [4.78, 5) is 19.0. The summed E-state index contributed by atoms with van der Waals surface area (Å²) < 4.78 is 14.1. The van der Waals surface area contributed by atoms with Gasteiger partial charge in [-0.3, -0.25) is 4.79 Å². The molecule has 8 nitrogen and oxygen atoms in total. The molecular formula is C38H38ClN5O3S. The summed E-state index contributed by atoms with van der Waals surface area (Å²) in [6.07, 6.45) is 0.768. The first-order valence-electron chi connectivity index (χ1n) is 15.9. The van der Waals surface area contributed by atoms with E-state index in [1.54, 1.807) is 4.68 Å². The van der Waals surface area contributed by atoms with Gasteiger partial charge >= 0.3 is 0 Å². The lowest BCUT2D eigenvalue weighted by molar-refractivity contribution is -0.113. The molecule has 1 amide bonds.